The van der Waals surface area contributed by atoms with Crippen molar-refractivity contribution < 1.29 is 22.7 Å². The molecule has 0 spiro atoms. The molecule has 0 aromatic heterocycles. The van der Waals surface area contributed by atoms with Crippen molar-refractivity contribution in [1.29, 1.82) is 0 Å². The SMILES string of the molecule is COc1cccc(CN(C(=O)CN(c2cccc(Cl)c2Cl)S(C)(=O)=O)[C@@H](C)C(=O)NC(C)C)c1. The van der Waals surface area contributed by atoms with Crippen molar-refractivity contribution in [3.8, 4) is 5.75 Å². The molecular weight excluding hydrogens is 501 g/mol. The maximum absolute atomic E-state index is 13.5. The fraction of sp³-hybridized carbons (Fsp3) is 0.391. The van der Waals surface area contributed by atoms with E-state index in [-0.39, 0.29) is 34.2 Å². The van der Waals surface area contributed by atoms with Crippen molar-refractivity contribution in [3.63, 3.8) is 0 Å². The Kier molecular flexibility index (Phi) is 9.61. The molecular formula is C23H29Cl2N3O5S. The fourth-order valence-corrected chi connectivity index (χ4v) is 4.54. The number of sulfonamides is 1. The number of ether oxygens (including phenoxy) is 1. The second kappa shape index (κ2) is 11.8. The molecule has 11 heteroatoms. The van der Waals surface area contributed by atoms with Crippen molar-refractivity contribution in [3.05, 3.63) is 58.1 Å². The third kappa shape index (κ3) is 7.25. The Bertz CT molecular complexity index is 1140. The van der Waals surface area contributed by atoms with Crippen LogP contribution >= 0.6 is 23.2 Å². The summed E-state index contributed by atoms with van der Waals surface area (Å²) in [4.78, 5) is 27.6. The molecule has 2 amide bonds. The van der Waals surface area contributed by atoms with Crippen LogP contribution in [0.25, 0.3) is 0 Å². The van der Waals surface area contributed by atoms with E-state index in [1.165, 1.54) is 24.1 Å². The zero-order valence-electron chi connectivity index (χ0n) is 19.7. The summed E-state index contributed by atoms with van der Waals surface area (Å²) < 4.78 is 31.3. The van der Waals surface area contributed by atoms with E-state index in [1.807, 2.05) is 13.8 Å². The molecule has 0 saturated carbocycles. The molecule has 0 radical (unpaired) electrons. The first-order chi connectivity index (χ1) is 15.8. The predicted molar refractivity (Wildman–Crippen MR) is 135 cm³/mol. The van der Waals surface area contributed by atoms with Gasteiger partial charge in [-0.1, -0.05) is 41.4 Å². The van der Waals surface area contributed by atoms with Crippen LogP contribution in [0.5, 0.6) is 5.75 Å². The molecule has 34 heavy (non-hydrogen) atoms. The molecule has 2 rings (SSSR count). The van der Waals surface area contributed by atoms with Crippen LogP contribution < -0.4 is 14.4 Å². The highest BCUT2D eigenvalue weighted by Gasteiger charge is 2.31. The van der Waals surface area contributed by atoms with Gasteiger partial charge in [-0.2, -0.15) is 0 Å². The third-order valence-electron chi connectivity index (χ3n) is 4.96. The lowest BCUT2D eigenvalue weighted by atomic mass is 10.1. The van der Waals surface area contributed by atoms with E-state index in [4.69, 9.17) is 27.9 Å². The summed E-state index contributed by atoms with van der Waals surface area (Å²) in [5, 5.41) is 2.95. The minimum absolute atomic E-state index is 0.00679. The average Bonchev–Trinajstić information content (AvgIpc) is 2.76. The minimum atomic E-state index is -3.91. The number of rotatable bonds is 10. The molecule has 0 aliphatic heterocycles. The van der Waals surface area contributed by atoms with Crippen LogP contribution in [0.15, 0.2) is 42.5 Å². The van der Waals surface area contributed by atoms with E-state index < -0.39 is 28.5 Å². The second-order valence-electron chi connectivity index (χ2n) is 8.06. The van der Waals surface area contributed by atoms with Crippen molar-refractivity contribution >= 4 is 50.7 Å². The quantitative estimate of drug-likeness (QED) is 0.506. The fourth-order valence-electron chi connectivity index (χ4n) is 3.24. The van der Waals surface area contributed by atoms with E-state index in [2.05, 4.69) is 5.32 Å². The first-order valence-corrected chi connectivity index (χ1v) is 13.1. The van der Waals surface area contributed by atoms with Crippen LogP contribution in [0.2, 0.25) is 10.0 Å². The van der Waals surface area contributed by atoms with Crippen molar-refractivity contribution in [2.75, 3.05) is 24.2 Å². The van der Waals surface area contributed by atoms with Gasteiger partial charge in [-0.15, -0.1) is 0 Å². The topological polar surface area (TPSA) is 96.0 Å². The lowest BCUT2D eigenvalue weighted by Crippen LogP contribution is -2.52. The van der Waals surface area contributed by atoms with Gasteiger partial charge in [0.1, 0.15) is 18.3 Å². The van der Waals surface area contributed by atoms with Gasteiger partial charge in [0.15, 0.2) is 0 Å². The minimum Gasteiger partial charge on any atom is -0.497 e. The summed E-state index contributed by atoms with van der Waals surface area (Å²) >= 11 is 12.3. The zero-order valence-corrected chi connectivity index (χ0v) is 22.0. The Hall–Kier alpha value is -2.49. The number of carbonyl (C=O) groups is 2. The number of methoxy groups -OCH3 is 1. The number of anilines is 1. The van der Waals surface area contributed by atoms with Crippen molar-refractivity contribution in [1.82, 2.24) is 10.2 Å². The normalized spacial score (nSPS) is 12.2. The predicted octanol–water partition coefficient (Wildman–Crippen LogP) is 3.71. The van der Waals surface area contributed by atoms with Crippen LogP contribution in [-0.4, -0.2) is 57.1 Å². The van der Waals surface area contributed by atoms with E-state index in [0.717, 1.165) is 10.6 Å². The number of halogens is 2. The molecule has 186 valence electrons. The molecule has 0 unspecified atom stereocenters. The molecule has 1 N–H and O–H groups in total. The maximum Gasteiger partial charge on any atom is 0.244 e. The number of nitrogens with zero attached hydrogens (tertiary/aromatic N) is 2. The average molecular weight is 530 g/mol. The molecule has 2 aromatic rings. The summed E-state index contributed by atoms with van der Waals surface area (Å²) in [5.41, 5.74) is 0.786. The molecule has 0 saturated heterocycles. The standard InChI is InChI=1S/C23H29Cl2N3O5S/c1-15(2)26-23(30)16(3)27(13-17-8-6-9-18(12-17)33-4)21(29)14-28(34(5,31)32)20-11-7-10-19(24)22(20)25/h6-12,15-16H,13-14H2,1-5H3,(H,26,30)/t16-/m0/s1. The summed E-state index contributed by atoms with van der Waals surface area (Å²) in [6.07, 6.45) is 0.971. The van der Waals surface area contributed by atoms with Crippen LogP contribution in [0, 0.1) is 0 Å². The van der Waals surface area contributed by atoms with Gasteiger partial charge in [-0.25, -0.2) is 8.42 Å². The molecule has 0 aliphatic carbocycles. The van der Waals surface area contributed by atoms with Gasteiger partial charge >= 0.3 is 0 Å². The summed E-state index contributed by atoms with van der Waals surface area (Å²) in [6, 6.07) is 10.6. The number of carbonyl (C=O) groups excluding carboxylic acids is 2. The van der Waals surface area contributed by atoms with Crippen LogP contribution in [0.4, 0.5) is 5.69 Å². The Labute approximate surface area is 210 Å². The molecule has 2 aromatic carbocycles. The Morgan fingerprint density at radius 1 is 1.09 bits per heavy atom. The molecule has 8 nitrogen and oxygen atoms in total. The van der Waals surface area contributed by atoms with Crippen LogP contribution in [0.3, 0.4) is 0 Å². The first kappa shape index (κ1) is 27.8. The van der Waals surface area contributed by atoms with Gasteiger partial charge in [-0.05, 0) is 50.6 Å². The van der Waals surface area contributed by atoms with Gasteiger partial charge in [0, 0.05) is 12.6 Å². The van der Waals surface area contributed by atoms with Gasteiger partial charge in [0.05, 0.1) is 29.1 Å². The van der Waals surface area contributed by atoms with Gasteiger partial charge in [-0.3, -0.25) is 13.9 Å². The van der Waals surface area contributed by atoms with Gasteiger partial charge in [0.2, 0.25) is 21.8 Å². The molecule has 0 heterocycles. The lowest BCUT2D eigenvalue weighted by Gasteiger charge is -2.32. The molecule has 1 atom stereocenters. The zero-order chi connectivity index (χ0) is 25.6. The van der Waals surface area contributed by atoms with Crippen molar-refractivity contribution in [2.24, 2.45) is 0 Å². The highest BCUT2D eigenvalue weighted by Crippen LogP contribution is 2.33. The molecule has 0 bridgehead atoms. The number of hydrogen-bond acceptors (Lipinski definition) is 5. The molecule has 0 fully saturated rings. The van der Waals surface area contributed by atoms with E-state index in [9.17, 15) is 18.0 Å². The Morgan fingerprint density at radius 2 is 1.74 bits per heavy atom. The summed E-state index contributed by atoms with van der Waals surface area (Å²) in [7, 11) is -2.38. The Balaban J connectivity index is 2.45. The van der Waals surface area contributed by atoms with Crippen LogP contribution in [0.1, 0.15) is 26.3 Å². The van der Waals surface area contributed by atoms with Gasteiger partial charge in [0.25, 0.3) is 0 Å². The van der Waals surface area contributed by atoms with E-state index >= 15 is 0 Å². The highest BCUT2D eigenvalue weighted by molar-refractivity contribution is 7.92. The van der Waals surface area contributed by atoms with Gasteiger partial charge < -0.3 is 15.0 Å². The number of amides is 2. The summed E-state index contributed by atoms with van der Waals surface area (Å²) in [6.45, 7) is 4.70. The smallest absolute Gasteiger partial charge is 0.244 e. The van der Waals surface area contributed by atoms with E-state index in [0.29, 0.717) is 11.3 Å². The Morgan fingerprint density at radius 3 is 2.32 bits per heavy atom. The highest BCUT2D eigenvalue weighted by atomic mass is 35.5. The number of hydrogen-bond donors (Lipinski definition) is 1. The maximum atomic E-state index is 13.5. The lowest BCUT2D eigenvalue weighted by molar-refractivity contribution is -0.139. The largest absolute Gasteiger partial charge is 0.497 e. The number of benzene rings is 2. The van der Waals surface area contributed by atoms with E-state index in [1.54, 1.807) is 37.3 Å². The third-order valence-corrected chi connectivity index (χ3v) is 6.90. The summed E-state index contributed by atoms with van der Waals surface area (Å²) in [5.74, 6) is -0.360. The second-order valence-corrected chi connectivity index (χ2v) is 10.7. The monoisotopic (exact) mass is 529 g/mol. The van der Waals surface area contributed by atoms with Crippen molar-refractivity contribution in [2.45, 2.75) is 39.4 Å². The molecule has 0 aliphatic rings. The number of nitrogens with one attached hydrogen (secondary N) is 1. The first-order valence-electron chi connectivity index (χ1n) is 10.5. The van der Waals surface area contributed by atoms with Crippen LogP contribution in [-0.2, 0) is 26.2 Å².